The Morgan fingerprint density at radius 1 is 0.667 bits per heavy atom. The van der Waals surface area contributed by atoms with Gasteiger partial charge in [0.1, 0.15) is 0 Å². The normalized spacial score (nSPS) is 34.2. The monoisotopic (exact) mass is 214 g/mol. The third kappa shape index (κ3) is 3.74. The summed E-state index contributed by atoms with van der Waals surface area (Å²) in [5.41, 5.74) is 0. The van der Waals surface area contributed by atoms with Gasteiger partial charge in [-0.2, -0.15) is 0 Å². The van der Waals surface area contributed by atoms with Crippen molar-refractivity contribution in [2.75, 3.05) is 0 Å². The molecule has 0 heterocycles. The lowest BCUT2D eigenvalue weighted by molar-refractivity contribution is -0.359. The van der Waals surface area contributed by atoms with Crippen LogP contribution in [0.2, 0.25) is 0 Å². The van der Waals surface area contributed by atoms with E-state index < -0.39 is 0 Å². The molecule has 15 heavy (non-hydrogen) atoms. The maximum atomic E-state index is 9.35. The second kappa shape index (κ2) is 5.83. The Bertz CT molecular complexity index is 170. The molecule has 0 aromatic carbocycles. The second-order valence-electron chi connectivity index (χ2n) is 4.88. The first-order chi connectivity index (χ1) is 7.34. The van der Waals surface area contributed by atoms with Gasteiger partial charge in [-0.1, -0.05) is 19.3 Å². The van der Waals surface area contributed by atoms with Gasteiger partial charge in [-0.3, -0.25) is 0 Å². The molecule has 2 aliphatic carbocycles. The van der Waals surface area contributed by atoms with Gasteiger partial charge in [-0.25, -0.2) is 9.78 Å². The van der Waals surface area contributed by atoms with Crippen molar-refractivity contribution in [3.63, 3.8) is 0 Å². The molecule has 2 fully saturated rings. The van der Waals surface area contributed by atoms with Crippen LogP contribution in [0.3, 0.4) is 0 Å². The summed E-state index contributed by atoms with van der Waals surface area (Å²) in [6.45, 7) is 0. The van der Waals surface area contributed by atoms with E-state index in [4.69, 9.17) is 9.78 Å². The third-order valence-electron chi connectivity index (χ3n) is 3.52. The highest BCUT2D eigenvalue weighted by molar-refractivity contribution is 4.71. The Kier molecular flexibility index (Phi) is 4.42. The summed E-state index contributed by atoms with van der Waals surface area (Å²) in [6, 6.07) is 0. The predicted molar refractivity (Wildman–Crippen MR) is 57.3 cm³/mol. The lowest BCUT2D eigenvalue weighted by atomic mass is 9.95. The van der Waals surface area contributed by atoms with Crippen LogP contribution < -0.4 is 0 Å². The van der Waals surface area contributed by atoms with Gasteiger partial charge < -0.3 is 5.11 Å². The van der Waals surface area contributed by atoms with E-state index in [1.807, 2.05) is 0 Å². The van der Waals surface area contributed by atoms with E-state index in [0.717, 1.165) is 38.5 Å². The van der Waals surface area contributed by atoms with Crippen molar-refractivity contribution in [1.82, 2.24) is 0 Å². The zero-order chi connectivity index (χ0) is 10.5. The predicted octanol–water partition coefficient (Wildman–Crippen LogP) is 2.57. The molecule has 1 N–H and O–H groups in total. The number of hydrogen-bond donors (Lipinski definition) is 1. The summed E-state index contributed by atoms with van der Waals surface area (Å²) >= 11 is 0. The van der Waals surface area contributed by atoms with Crippen molar-refractivity contribution in [1.29, 1.82) is 0 Å². The van der Waals surface area contributed by atoms with Crippen molar-refractivity contribution in [2.24, 2.45) is 0 Å². The highest BCUT2D eigenvalue weighted by Gasteiger charge is 2.22. The average Bonchev–Trinajstić information content (AvgIpc) is 2.30. The van der Waals surface area contributed by atoms with Crippen molar-refractivity contribution >= 4 is 0 Å². The van der Waals surface area contributed by atoms with E-state index in [2.05, 4.69) is 0 Å². The number of rotatable bonds is 3. The molecule has 3 heteroatoms. The van der Waals surface area contributed by atoms with E-state index in [0.29, 0.717) is 6.10 Å². The lowest BCUT2D eigenvalue weighted by Crippen LogP contribution is -2.27. The van der Waals surface area contributed by atoms with E-state index in [1.165, 1.54) is 19.3 Å². The van der Waals surface area contributed by atoms with Crippen LogP contribution >= 0.6 is 0 Å². The maximum absolute atomic E-state index is 9.35. The molecule has 0 aromatic heterocycles. The van der Waals surface area contributed by atoms with Gasteiger partial charge in [0, 0.05) is 0 Å². The Morgan fingerprint density at radius 2 is 1.20 bits per heavy atom. The highest BCUT2D eigenvalue weighted by atomic mass is 17.2. The first kappa shape index (κ1) is 11.4. The lowest BCUT2D eigenvalue weighted by Gasteiger charge is -2.27. The first-order valence-electron chi connectivity index (χ1n) is 6.35. The molecule has 0 atom stereocenters. The Balaban J connectivity index is 1.60. The van der Waals surface area contributed by atoms with Gasteiger partial charge in [0.25, 0.3) is 0 Å². The summed E-state index contributed by atoms with van der Waals surface area (Å²) < 4.78 is 0. The summed E-state index contributed by atoms with van der Waals surface area (Å²) in [5, 5.41) is 9.35. The number of hydrogen-bond acceptors (Lipinski definition) is 3. The van der Waals surface area contributed by atoms with Crippen LogP contribution in [0.4, 0.5) is 0 Å². The smallest absolute Gasteiger partial charge is 0.0932 e. The molecule has 0 spiro atoms. The van der Waals surface area contributed by atoms with Crippen LogP contribution in [0, 0.1) is 0 Å². The minimum absolute atomic E-state index is 0.112. The van der Waals surface area contributed by atoms with Gasteiger partial charge in [0.05, 0.1) is 18.3 Å². The van der Waals surface area contributed by atoms with E-state index >= 15 is 0 Å². The first-order valence-corrected chi connectivity index (χ1v) is 6.35. The van der Waals surface area contributed by atoms with Crippen molar-refractivity contribution in [3.8, 4) is 0 Å². The van der Waals surface area contributed by atoms with Gasteiger partial charge in [0.15, 0.2) is 0 Å². The topological polar surface area (TPSA) is 38.7 Å². The second-order valence-corrected chi connectivity index (χ2v) is 4.88. The molecule has 0 aliphatic heterocycles. The zero-order valence-corrected chi connectivity index (χ0v) is 9.36. The van der Waals surface area contributed by atoms with Gasteiger partial charge in [-0.15, -0.1) is 0 Å². The minimum atomic E-state index is -0.112. The Morgan fingerprint density at radius 3 is 1.80 bits per heavy atom. The molecule has 88 valence electrons. The molecule has 0 saturated heterocycles. The standard InChI is InChI=1S/C12H22O3/c13-10-6-8-12(9-7-10)15-14-11-4-2-1-3-5-11/h10-13H,1-9H2. The number of aliphatic hydroxyl groups is 1. The molecule has 2 rings (SSSR count). The van der Waals surface area contributed by atoms with E-state index in [9.17, 15) is 5.11 Å². The fraction of sp³-hybridized carbons (Fsp3) is 1.00. The third-order valence-corrected chi connectivity index (χ3v) is 3.52. The molecular formula is C12H22O3. The molecule has 0 radical (unpaired) electrons. The quantitative estimate of drug-likeness (QED) is 0.579. The van der Waals surface area contributed by atoms with Crippen molar-refractivity contribution in [2.45, 2.75) is 76.1 Å². The van der Waals surface area contributed by atoms with Crippen LogP contribution in [0.1, 0.15) is 57.8 Å². The van der Waals surface area contributed by atoms with Crippen molar-refractivity contribution in [3.05, 3.63) is 0 Å². The van der Waals surface area contributed by atoms with Gasteiger partial charge in [0.2, 0.25) is 0 Å². The molecule has 0 unspecified atom stereocenters. The Hall–Kier alpha value is -0.120. The van der Waals surface area contributed by atoms with E-state index in [1.54, 1.807) is 0 Å². The average molecular weight is 214 g/mol. The maximum Gasteiger partial charge on any atom is 0.0932 e. The largest absolute Gasteiger partial charge is 0.393 e. The highest BCUT2D eigenvalue weighted by Crippen LogP contribution is 2.24. The van der Waals surface area contributed by atoms with Gasteiger partial charge >= 0.3 is 0 Å². The SMILES string of the molecule is OC1CCC(OOC2CCCCC2)CC1. The molecule has 3 nitrogen and oxygen atoms in total. The molecule has 2 saturated carbocycles. The van der Waals surface area contributed by atoms with Gasteiger partial charge in [-0.05, 0) is 38.5 Å². The van der Waals surface area contributed by atoms with Crippen LogP contribution in [0.15, 0.2) is 0 Å². The summed E-state index contributed by atoms with van der Waals surface area (Å²) in [7, 11) is 0. The molecule has 0 bridgehead atoms. The molecule has 0 aromatic rings. The van der Waals surface area contributed by atoms with Crippen molar-refractivity contribution < 1.29 is 14.9 Å². The van der Waals surface area contributed by atoms with Crippen LogP contribution in [0.25, 0.3) is 0 Å². The van der Waals surface area contributed by atoms with Crippen LogP contribution in [-0.2, 0) is 9.78 Å². The molecule has 0 amide bonds. The Labute approximate surface area is 91.7 Å². The fourth-order valence-corrected chi connectivity index (χ4v) is 2.46. The zero-order valence-electron chi connectivity index (χ0n) is 9.36. The number of aliphatic hydroxyl groups excluding tert-OH is 1. The fourth-order valence-electron chi connectivity index (χ4n) is 2.46. The van der Waals surface area contributed by atoms with E-state index in [-0.39, 0.29) is 12.2 Å². The van der Waals surface area contributed by atoms with Crippen LogP contribution in [-0.4, -0.2) is 23.4 Å². The summed E-state index contributed by atoms with van der Waals surface area (Å²) in [5.74, 6) is 0. The molecule has 2 aliphatic rings. The summed E-state index contributed by atoms with van der Waals surface area (Å²) in [6.07, 6.45) is 10.2. The molecular weight excluding hydrogens is 192 g/mol. The van der Waals surface area contributed by atoms with Crippen LogP contribution in [0.5, 0.6) is 0 Å². The minimum Gasteiger partial charge on any atom is -0.393 e. The summed E-state index contributed by atoms with van der Waals surface area (Å²) in [4.78, 5) is 10.9.